The van der Waals surface area contributed by atoms with E-state index in [9.17, 15) is 8.78 Å². The van der Waals surface area contributed by atoms with Gasteiger partial charge in [0.1, 0.15) is 6.33 Å². The molecule has 2 rings (SSSR count). The molecule has 16 heavy (non-hydrogen) atoms. The number of thiol groups is 1. The van der Waals surface area contributed by atoms with Crippen molar-refractivity contribution in [1.82, 2.24) is 9.97 Å². The highest BCUT2D eigenvalue weighted by molar-refractivity contribution is 7.81. The summed E-state index contributed by atoms with van der Waals surface area (Å²) in [6, 6.07) is 2.17. The van der Waals surface area contributed by atoms with Crippen LogP contribution in [0.25, 0.3) is 10.9 Å². The lowest BCUT2D eigenvalue weighted by molar-refractivity contribution is 0.510. The molecule has 0 aliphatic heterocycles. The van der Waals surface area contributed by atoms with Crippen molar-refractivity contribution in [1.29, 1.82) is 0 Å². The minimum Gasteiger partial charge on any atom is -0.239 e. The molecule has 0 saturated heterocycles. The fourth-order valence-electron chi connectivity index (χ4n) is 1.54. The van der Waals surface area contributed by atoms with Gasteiger partial charge in [0, 0.05) is 11.5 Å². The SMILES string of the molecule is CC(C)(S)c1ncnc2cc(F)c(F)cc12. The summed E-state index contributed by atoms with van der Waals surface area (Å²) in [5.41, 5.74) is 0.964. The van der Waals surface area contributed by atoms with Crippen molar-refractivity contribution in [3.63, 3.8) is 0 Å². The summed E-state index contributed by atoms with van der Waals surface area (Å²) < 4.78 is 25.6. The van der Waals surface area contributed by atoms with Gasteiger partial charge in [-0.1, -0.05) is 0 Å². The second-order valence-electron chi connectivity index (χ2n) is 4.06. The maximum absolute atomic E-state index is 13.2. The molecule has 0 fully saturated rings. The molecule has 0 saturated carbocycles. The molecule has 0 aliphatic carbocycles. The van der Waals surface area contributed by atoms with E-state index in [-0.39, 0.29) is 0 Å². The summed E-state index contributed by atoms with van der Waals surface area (Å²) in [4.78, 5) is 7.98. The molecule has 5 heteroatoms. The van der Waals surface area contributed by atoms with Crippen LogP contribution in [0.3, 0.4) is 0 Å². The van der Waals surface area contributed by atoms with Gasteiger partial charge in [-0.25, -0.2) is 18.7 Å². The van der Waals surface area contributed by atoms with Crippen LogP contribution >= 0.6 is 12.6 Å². The first-order chi connectivity index (χ1) is 7.39. The van der Waals surface area contributed by atoms with Crippen molar-refractivity contribution in [2.45, 2.75) is 18.6 Å². The topological polar surface area (TPSA) is 25.8 Å². The van der Waals surface area contributed by atoms with Crippen molar-refractivity contribution in [3.8, 4) is 0 Å². The van der Waals surface area contributed by atoms with Gasteiger partial charge in [0.25, 0.3) is 0 Å². The van der Waals surface area contributed by atoms with Crippen LogP contribution in [-0.2, 0) is 4.75 Å². The molecule has 0 bridgehead atoms. The zero-order valence-corrected chi connectivity index (χ0v) is 9.72. The lowest BCUT2D eigenvalue weighted by Gasteiger charge is -2.18. The molecule has 0 amide bonds. The molecule has 1 aromatic carbocycles. The standard InChI is InChI=1S/C11H10F2N2S/c1-11(2,16)10-6-3-7(12)8(13)4-9(6)14-5-15-10/h3-5,16H,1-2H3. The molecule has 0 atom stereocenters. The van der Waals surface area contributed by atoms with Crippen molar-refractivity contribution in [2.75, 3.05) is 0 Å². The predicted molar refractivity (Wildman–Crippen MR) is 61.5 cm³/mol. The Labute approximate surface area is 97.1 Å². The van der Waals surface area contributed by atoms with Crippen molar-refractivity contribution < 1.29 is 8.78 Å². The monoisotopic (exact) mass is 240 g/mol. The van der Waals surface area contributed by atoms with Crippen LogP contribution in [0.5, 0.6) is 0 Å². The van der Waals surface area contributed by atoms with Gasteiger partial charge in [0.05, 0.1) is 16.0 Å². The minimum absolute atomic E-state index is 0.381. The smallest absolute Gasteiger partial charge is 0.161 e. The molecule has 0 spiro atoms. The number of nitrogens with zero attached hydrogens (tertiary/aromatic N) is 2. The zero-order valence-electron chi connectivity index (χ0n) is 8.83. The first-order valence-corrected chi connectivity index (χ1v) is 5.17. The van der Waals surface area contributed by atoms with Gasteiger partial charge >= 0.3 is 0 Å². The Bertz CT molecular complexity index is 549. The number of halogens is 2. The highest BCUT2D eigenvalue weighted by Crippen LogP contribution is 2.31. The summed E-state index contributed by atoms with van der Waals surface area (Å²) in [5.74, 6) is -1.81. The first kappa shape index (κ1) is 11.3. The van der Waals surface area contributed by atoms with Crippen molar-refractivity contribution >= 4 is 23.5 Å². The molecular weight excluding hydrogens is 230 g/mol. The van der Waals surface area contributed by atoms with E-state index in [1.54, 1.807) is 0 Å². The number of benzene rings is 1. The number of hydrogen-bond acceptors (Lipinski definition) is 3. The maximum atomic E-state index is 13.2. The lowest BCUT2D eigenvalue weighted by Crippen LogP contribution is -2.11. The van der Waals surface area contributed by atoms with Crippen molar-refractivity contribution in [2.24, 2.45) is 0 Å². The fraction of sp³-hybridized carbons (Fsp3) is 0.273. The van der Waals surface area contributed by atoms with Crippen molar-refractivity contribution in [3.05, 3.63) is 35.8 Å². The molecule has 1 heterocycles. The van der Waals surface area contributed by atoms with Gasteiger partial charge in [-0.3, -0.25) is 0 Å². The van der Waals surface area contributed by atoms with E-state index in [1.165, 1.54) is 6.33 Å². The molecule has 0 unspecified atom stereocenters. The van der Waals surface area contributed by atoms with Gasteiger partial charge < -0.3 is 0 Å². The summed E-state index contributed by atoms with van der Waals surface area (Å²) in [5, 5.41) is 0.487. The highest BCUT2D eigenvalue weighted by Gasteiger charge is 2.21. The van der Waals surface area contributed by atoms with Crippen LogP contribution in [0, 0.1) is 11.6 Å². The summed E-state index contributed by atoms with van der Waals surface area (Å²) in [6.45, 7) is 3.66. The number of rotatable bonds is 1. The van der Waals surface area contributed by atoms with Crippen LogP contribution in [0.4, 0.5) is 8.78 Å². The van der Waals surface area contributed by atoms with Crippen LogP contribution in [0.15, 0.2) is 18.5 Å². The maximum Gasteiger partial charge on any atom is 0.161 e. The minimum atomic E-state index is -0.908. The van der Waals surface area contributed by atoms with Gasteiger partial charge in [0.15, 0.2) is 11.6 Å². The largest absolute Gasteiger partial charge is 0.239 e. The highest BCUT2D eigenvalue weighted by atomic mass is 32.1. The average Bonchev–Trinajstić information content (AvgIpc) is 2.17. The van der Waals surface area contributed by atoms with E-state index < -0.39 is 16.4 Å². The first-order valence-electron chi connectivity index (χ1n) is 4.72. The Hall–Kier alpha value is -1.23. The van der Waals surface area contributed by atoms with Crippen LogP contribution in [-0.4, -0.2) is 9.97 Å². The Kier molecular flexibility index (Phi) is 2.58. The van der Waals surface area contributed by atoms with E-state index in [0.717, 1.165) is 12.1 Å². The number of hydrogen-bond donors (Lipinski definition) is 1. The lowest BCUT2D eigenvalue weighted by atomic mass is 10.0. The number of aromatic nitrogens is 2. The third-order valence-electron chi connectivity index (χ3n) is 2.26. The second kappa shape index (κ2) is 3.66. The zero-order chi connectivity index (χ0) is 11.9. The van der Waals surface area contributed by atoms with E-state index >= 15 is 0 Å². The second-order valence-corrected chi connectivity index (χ2v) is 5.18. The summed E-state index contributed by atoms with van der Waals surface area (Å²) in [6.07, 6.45) is 1.33. The Balaban J connectivity index is 2.82. The third kappa shape index (κ3) is 1.87. The molecule has 1 aromatic heterocycles. The van der Waals surface area contributed by atoms with E-state index in [4.69, 9.17) is 0 Å². The Morgan fingerprint density at radius 2 is 1.75 bits per heavy atom. The van der Waals surface area contributed by atoms with E-state index in [2.05, 4.69) is 22.6 Å². The fourth-order valence-corrected chi connectivity index (χ4v) is 1.72. The average molecular weight is 240 g/mol. The van der Waals surface area contributed by atoms with Gasteiger partial charge in [-0.2, -0.15) is 12.6 Å². The normalized spacial score (nSPS) is 12.1. The Morgan fingerprint density at radius 3 is 2.38 bits per heavy atom. The molecule has 0 radical (unpaired) electrons. The van der Waals surface area contributed by atoms with Crippen LogP contribution < -0.4 is 0 Å². The molecule has 2 nitrogen and oxygen atoms in total. The molecular formula is C11H10F2N2S. The van der Waals surface area contributed by atoms with Gasteiger partial charge in [0.2, 0.25) is 0 Å². The van der Waals surface area contributed by atoms with Crippen LogP contribution in [0.2, 0.25) is 0 Å². The third-order valence-corrected chi connectivity index (χ3v) is 2.47. The van der Waals surface area contributed by atoms with E-state index in [1.807, 2.05) is 13.8 Å². The van der Waals surface area contributed by atoms with Gasteiger partial charge in [-0.05, 0) is 19.9 Å². The summed E-state index contributed by atoms with van der Waals surface area (Å²) >= 11 is 4.37. The Morgan fingerprint density at radius 1 is 1.12 bits per heavy atom. The number of fused-ring (bicyclic) bond motifs is 1. The molecule has 84 valence electrons. The molecule has 2 aromatic rings. The predicted octanol–water partition coefficient (Wildman–Crippen LogP) is 3.07. The van der Waals surface area contributed by atoms with Gasteiger partial charge in [-0.15, -0.1) is 0 Å². The molecule has 0 N–H and O–H groups in total. The summed E-state index contributed by atoms with van der Waals surface area (Å²) in [7, 11) is 0. The van der Waals surface area contributed by atoms with E-state index in [0.29, 0.717) is 16.6 Å². The molecule has 0 aliphatic rings. The van der Waals surface area contributed by atoms with Crippen LogP contribution in [0.1, 0.15) is 19.5 Å². The quantitative estimate of drug-likeness (QED) is 0.775.